The summed E-state index contributed by atoms with van der Waals surface area (Å²) in [7, 11) is 0. The number of nitrogen functional groups attached to an aromatic ring is 1. The minimum Gasteiger partial charge on any atom is -0.462 e. The Labute approximate surface area is 153 Å². The number of carbonyl (C=O) groups is 1. The van der Waals surface area contributed by atoms with Gasteiger partial charge < -0.3 is 10.5 Å². The molecule has 0 unspecified atom stereocenters. The van der Waals surface area contributed by atoms with Gasteiger partial charge in [-0.1, -0.05) is 30.3 Å². The molecule has 0 fully saturated rings. The zero-order valence-electron chi connectivity index (χ0n) is 14.8. The Bertz CT molecular complexity index is 712. The zero-order valence-corrected chi connectivity index (χ0v) is 15.6. The molecule has 2 aromatic rings. The molecule has 0 amide bonds. The molecule has 134 valence electrons. The fourth-order valence-corrected chi connectivity index (χ4v) is 4.55. The van der Waals surface area contributed by atoms with Gasteiger partial charge in [-0.25, -0.2) is 4.79 Å². The van der Waals surface area contributed by atoms with E-state index in [9.17, 15) is 4.79 Å². The number of rotatable bonds is 7. The van der Waals surface area contributed by atoms with E-state index in [0.29, 0.717) is 17.2 Å². The normalized spacial score (nSPS) is 14.3. The molecule has 0 spiro atoms. The van der Waals surface area contributed by atoms with Crippen LogP contribution >= 0.6 is 11.3 Å². The highest BCUT2D eigenvalue weighted by Gasteiger charge is 2.27. The molecule has 1 aromatic carbocycles. The second-order valence-corrected chi connectivity index (χ2v) is 7.57. The van der Waals surface area contributed by atoms with Crippen molar-refractivity contribution in [3.8, 4) is 0 Å². The summed E-state index contributed by atoms with van der Waals surface area (Å²) >= 11 is 1.55. The molecule has 25 heavy (non-hydrogen) atoms. The summed E-state index contributed by atoms with van der Waals surface area (Å²) in [5, 5.41) is 0.606. The van der Waals surface area contributed by atoms with Crippen LogP contribution in [0.2, 0.25) is 0 Å². The third-order valence-electron chi connectivity index (χ3n) is 4.68. The number of aryl methyl sites for hydroxylation is 1. The van der Waals surface area contributed by atoms with Crippen molar-refractivity contribution in [2.75, 3.05) is 25.4 Å². The van der Waals surface area contributed by atoms with E-state index in [4.69, 9.17) is 10.5 Å². The Morgan fingerprint density at radius 2 is 2.08 bits per heavy atom. The van der Waals surface area contributed by atoms with Crippen LogP contribution < -0.4 is 5.73 Å². The zero-order chi connectivity index (χ0) is 17.6. The molecule has 0 aliphatic carbocycles. The lowest BCUT2D eigenvalue weighted by Gasteiger charge is -2.27. The van der Waals surface area contributed by atoms with Crippen molar-refractivity contribution in [1.29, 1.82) is 0 Å². The molecule has 3 rings (SSSR count). The van der Waals surface area contributed by atoms with Crippen molar-refractivity contribution in [3.63, 3.8) is 0 Å². The number of nitrogens with zero attached hydrogens (tertiary/aromatic N) is 1. The van der Waals surface area contributed by atoms with Crippen LogP contribution in [0.25, 0.3) is 0 Å². The molecule has 0 radical (unpaired) electrons. The molecule has 5 heteroatoms. The maximum Gasteiger partial charge on any atom is 0.341 e. The van der Waals surface area contributed by atoms with Crippen molar-refractivity contribution in [2.24, 2.45) is 0 Å². The van der Waals surface area contributed by atoms with Gasteiger partial charge in [0.2, 0.25) is 0 Å². The summed E-state index contributed by atoms with van der Waals surface area (Å²) in [6.45, 7) is 5.19. The molecule has 0 atom stereocenters. The van der Waals surface area contributed by atoms with Crippen molar-refractivity contribution >= 4 is 22.3 Å². The Morgan fingerprint density at radius 1 is 1.28 bits per heavy atom. The Morgan fingerprint density at radius 3 is 2.84 bits per heavy atom. The fraction of sp³-hybridized carbons (Fsp3) is 0.450. The summed E-state index contributed by atoms with van der Waals surface area (Å²) in [4.78, 5) is 15.8. The van der Waals surface area contributed by atoms with Gasteiger partial charge in [-0.2, -0.15) is 0 Å². The van der Waals surface area contributed by atoms with Gasteiger partial charge in [-0.15, -0.1) is 11.3 Å². The number of benzene rings is 1. The average molecular weight is 359 g/mol. The van der Waals surface area contributed by atoms with Crippen LogP contribution in [-0.4, -0.2) is 30.6 Å². The lowest BCUT2D eigenvalue weighted by molar-refractivity contribution is 0.0526. The predicted molar refractivity (Wildman–Crippen MR) is 103 cm³/mol. The van der Waals surface area contributed by atoms with Crippen molar-refractivity contribution in [3.05, 3.63) is 51.9 Å². The Balaban J connectivity index is 1.52. The topological polar surface area (TPSA) is 55.6 Å². The van der Waals surface area contributed by atoms with E-state index >= 15 is 0 Å². The van der Waals surface area contributed by atoms with Gasteiger partial charge in [0, 0.05) is 18.0 Å². The first kappa shape index (κ1) is 18.0. The minimum absolute atomic E-state index is 0.270. The van der Waals surface area contributed by atoms with Crippen LogP contribution in [0.15, 0.2) is 30.3 Å². The summed E-state index contributed by atoms with van der Waals surface area (Å²) in [6.07, 6.45) is 4.42. The van der Waals surface area contributed by atoms with Crippen LogP contribution in [0.5, 0.6) is 0 Å². The average Bonchev–Trinajstić information content (AvgIpc) is 2.95. The smallest absolute Gasteiger partial charge is 0.341 e. The second kappa shape index (κ2) is 8.50. The number of hydrogen-bond donors (Lipinski definition) is 1. The van der Waals surface area contributed by atoms with Gasteiger partial charge in [0.05, 0.1) is 12.2 Å². The van der Waals surface area contributed by atoms with Crippen LogP contribution in [0.3, 0.4) is 0 Å². The molecule has 2 heterocycles. The maximum absolute atomic E-state index is 12.1. The number of unbranched alkanes of at least 4 members (excludes halogenated alkanes) is 1. The third kappa shape index (κ3) is 4.41. The standard InChI is InChI=1S/C20H26N2O2S/c1-2-24-20(23)18-16-11-13-22(14-17(16)25-19(18)21)12-7-6-10-15-8-4-3-5-9-15/h3-5,8-9H,2,6-7,10-14,21H2,1H3. The largest absolute Gasteiger partial charge is 0.462 e. The van der Waals surface area contributed by atoms with E-state index < -0.39 is 0 Å². The van der Waals surface area contributed by atoms with Gasteiger partial charge in [0.25, 0.3) is 0 Å². The molecule has 2 N–H and O–H groups in total. The molecule has 0 saturated heterocycles. The minimum atomic E-state index is -0.270. The van der Waals surface area contributed by atoms with E-state index in [-0.39, 0.29) is 5.97 Å². The molecule has 0 bridgehead atoms. The van der Waals surface area contributed by atoms with Gasteiger partial charge in [0.1, 0.15) is 5.00 Å². The van der Waals surface area contributed by atoms with Crippen LogP contribution in [0.4, 0.5) is 5.00 Å². The van der Waals surface area contributed by atoms with Crippen molar-refractivity contribution in [2.45, 2.75) is 39.2 Å². The first-order chi connectivity index (χ1) is 12.2. The molecule has 1 aromatic heterocycles. The molecule has 4 nitrogen and oxygen atoms in total. The highest BCUT2D eigenvalue weighted by molar-refractivity contribution is 7.16. The Hall–Kier alpha value is -1.85. The first-order valence-electron chi connectivity index (χ1n) is 9.02. The van der Waals surface area contributed by atoms with E-state index in [1.54, 1.807) is 11.3 Å². The molecule has 1 aliphatic heterocycles. The molecular weight excluding hydrogens is 332 g/mol. The van der Waals surface area contributed by atoms with E-state index in [1.165, 1.54) is 23.3 Å². The number of fused-ring (bicyclic) bond motifs is 1. The van der Waals surface area contributed by atoms with Gasteiger partial charge in [-0.05, 0) is 50.3 Å². The lowest BCUT2D eigenvalue weighted by Crippen LogP contribution is -2.31. The van der Waals surface area contributed by atoms with Crippen LogP contribution in [0, 0.1) is 0 Å². The van der Waals surface area contributed by atoms with Gasteiger partial charge in [0.15, 0.2) is 0 Å². The van der Waals surface area contributed by atoms with Gasteiger partial charge >= 0.3 is 5.97 Å². The number of esters is 1. The number of carbonyl (C=O) groups excluding carboxylic acids is 1. The van der Waals surface area contributed by atoms with Crippen LogP contribution in [-0.2, 0) is 24.1 Å². The lowest BCUT2D eigenvalue weighted by atomic mass is 10.0. The number of anilines is 1. The highest BCUT2D eigenvalue weighted by Crippen LogP contribution is 2.35. The van der Waals surface area contributed by atoms with E-state index in [1.807, 2.05) is 6.92 Å². The maximum atomic E-state index is 12.1. The molecule has 0 saturated carbocycles. The highest BCUT2D eigenvalue weighted by atomic mass is 32.1. The quantitative estimate of drug-likeness (QED) is 0.603. The monoisotopic (exact) mass is 358 g/mol. The number of nitrogens with two attached hydrogens (primary N) is 1. The third-order valence-corrected chi connectivity index (χ3v) is 5.72. The number of thiophene rings is 1. The van der Waals surface area contributed by atoms with E-state index in [0.717, 1.165) is 38.0 Å². The molecule has 1 aliphatic rings. The molecular formula is C20H26N2O2S. The number of hydrogen-bond acceptors (Lipinski definition) is 5. The first-order valence-corrected chi connectivity index (χ1v) is 9.84. The van der Waals surface area contributed by atoms with Gasteiger partial charge in [-0.3, -0.25) is 4.90 Å². The Kier molecular flexibility index (Phi) is 6.10. The summed E-state index contributed by atoms with van der Waals surface area (Å²) in [5.74, 6) is -0.270. The van der Waals surface area contributed by atoms with Crippen molar-refractivity contribution < 1.29 is 9.53 Å². The SMILES string of the molecule is CCOC(=O)c1c(N)sc2c1CCN(CCCCc1ccccc1)C2. The fourth-order valence-electron chi connectivity index (χ4n) is 3.40. The summed E-state index contributed by atoms with van der Waals surface area (Å²) < 4.78 is 5.16. The number of ether oxygens (including phenoxy) is 1. The second-order valence-electron chi connectivity index (χ2n) is 6.43. The van der Waals surface area contributed by atoms with Crippen molar-refractivity contribution in [1.82, 2.24) is 4.90 Å². The predicted octanol–water partition coefficient (Wildman–Crippen LogP) is 3.89. The van der Waals surface area contributed by atoms with Crippen LogP contribution in [0.1, 0.15) is 46.1 Å². The van der Waals surface area contributed by atoms with E-state index in [2.05, 4.69) is 35.2 Å². The summed E-state index contributed by atoms with van der Waals surface area (Å²) in [6, 6.07) is 10.6. The summed E-state index contributed by atoms with van der Waals surface area (Å²) in [5.41, 5.74) is 9.22.